The van der Waals surface area contributed by atoms with Crippen molar-refractivity contribution in [2.75, 3.05) is 19.9 Å². The number of fused-ring (bicyclic) bond motifs is 1. The topological polar surface area (TPSA) is 53.7 Å². The summed E-state index contributed by atoms with van der Waals surface area (Å²) in [7, 11) is 0. The first kappa shape index (κ1) is 11.2. The van der Waals surface area contributed by atoms with Gasteiger partial charge in [-0.3, -0.25) is 0 Å². The predicted octanol–water partition coefficient (Wildman–Crippen LogP) is 1.84. The smallest absolute Gasteiger partial charge is 0.231 e. The Morgan fingerprint density at radius 2 is 2.19 bits per heavy atom. The molecule has 0 aliphatic carbocycles. The van der Waals surface area contributed by atoms with E-state index in [1.807, 2.05) is 25.1 Å². The molecule has 0 saturated heterocycles. The summed E-state index contributed by atoms with van der Waals surface area (Å²) in [6, 6.07) is 5.89. The summed E-state index contributed by atoms with van der Waals surface area (Å²) < 4.78 is 16.2. The van der Waals surface area contributed by atoms with Gasteiger partial charge in [-0.05, 0) is 37.6 Å². The fraction of sp³-hybridized carbons (Fsp3) is 0.500. The van der Waals surface area contributed by atoms with Gasteiger partial charge >= 0.3 is 0 Å². The lowest BCUT2D eigenvalue weighted by molar-refractivity contribution is 0.0650. The molecule has 0 aromatic heterocycles. The second-order valence-electron chi connectivity index (χ2n) is 3.77. The highest BCUT2D eigenvalue weighted by molar-refractivity contribution is 5.44. The number of hydrogen-bond donors (Lipinski definition) is 1. The van der Waals surface area contributed by atoms with Crippen LogP contribution in [0.15, 0.2) is 18.2 Å². The number of benzene rings is 1. The van der Waals surface area contributed by atoms with E-state index in [2.05, 4.69) is 0 Å². The number of nitrogens with two attached hydrogens (primary N) is 1. The summed E-state index contributed by atoms with van der Waals surface area (Å²) in [6.45, 7) is 3.68. The number of hydrogen-bond acceptors (Lipinski definition) is 4. The van der Waals surface area contributed by atoms with Gasteiger partial charge in [-0.2, -0.15) is 0 Å². The molecule has 1 atom stereocenters. The minimum atomic E-state index is 0.0565. The first-order chi connectivity index (χ1) is 7.81. The van der Waals surface area contributed by atoms with Crippen molar-refractivity contribution in [2.24, 2.45) is 5.73 Å². The monoisotopic (exact) mass is 223 g/mol. The van der Waals surface area contributed by atoms with Crippen LogP contribution in [0.4, 0.5) is 0 Å². The van der Waals surface area contributed by atoms with Crippen LogP contribution in [0.1, 0.15) is 25.0 Å². The minimum absolute atomic E-state index is 0.0565. The highest BCUT2D eigenvalue weighted by Gasteiger charge is 2.15. The SMILES string of the molecule is CC(OCCCN)c1ccc2c(c1)OCO2. The Morgan fingerprint density at radius 3 is 3.00 bits per heavy atom. The van der Waals surface area contributed by atoms with Gasteiger partial charge in [-0.1, -0.05) is 6.07 Å². The first-order valence-corrected chi connectivity index (χ1v) is 5.52. The summed E-state index contributed by atoms with van der Waals surface area (Å²) >= 11 is 0. The van der Waals surface area contributed by atoms with Crippen LogP contribution < -0.4 is 15.2 Å². The van der Waals surface area contributed by atoms with Crippen molar-refractivity contribution in [3.8, 4) is 11.5 Å². The van der Waals surface area contributed by atoms with Gasteiger partial charge in [-0.25, -0.2) is 0 Å². The number of ether oxygens (including phenoxy) is 3. The second kappa shape index (κ2) is 5.18. The van der Waals surface area contributed by atoms with E-state index in [9.17, 15) is 0 Å². The van der Waals surface area contributed by atoms with Gasteiger partial charge in [0.05, 0.1) is 6.10 Å². The molecule has 0 spiro atoms. The molecule has 2 N–H and O–H groups in total. The Balaban J connectivity index is 1.98. The largest absolute Gasteiger partial charge is 0.454 e. The van der Waals surface area contributed by atoms with Gasteiger partial charge in [0, 0.05) is 6.61 Å². The minimum Gasteiger partial charge on any atom is -0.454 e. The van der Waals surface area contributed by atoms with Crippen molar-refractivity contribution in [3.63, 3.8) is 0 Å². The van der Waals surface area contributed by atoms with Gasteiger partial charge in [-0.15, -0.1) is 0 Å². The zero-order chi connectivity index (χ0) is 11.4. The zero-order valence-electron chi connectivity index (χ0n) is 9.44. The maximum absolute atomic E-state index is 5.65. The van der Waals surface area contributed by atoms with Crippen LogP contribution >= 0.6 is 0 Å². The van der Waals surface area contributed by atoms with E-state index < -0.39 is 0 Å². The van der Waals surface area contributed by atoms with Gasteiger partial charge in [0.1, 0.15) is 0 Å². The Hall–Kier alpha value is -1.26. The highest BCUT2D eigenvalue weighted by atomic mass is 16.7. The molecule has 1 unspecified atom stereocenters. The molecule has 1 aromatic carbocycles. The van der Waals surface area contributed by atoms with Crippen LogP contribution in [0.2, 0.25) is 0 Å². The van der Waals surface area contributed by atoms with Gasteiger partial charge < -0.3 is 19.9 Å². The van der Waals surface area contributed by atoms with Crippen LogP contribution in [-0.4, -0.2) is 19.9 Å². The van der Waals surface area contributed by atoms with Crippen LogP contribution in [0.5, 0.6) is 11.5 Å². The molecule has 0 fully saturated rings. The summed E-state index contributed by atoms with van der Waals surface area (Å²) in [6.07, 6.45) is 0.940. The second-order valence-corrected chi connectivity index (χ2v) is 3.77. The van der Waals surface area contributed by atoms with Crippen LogP contribution in [-0.2, 0) is 4.74 Å². The highest BCUT2D eigenvalue weighted by Crippen LogP contribution is 2.34. The lowest BCUT2D eigenvalue weighted by Crippen LogP contribution is -2.07. The Kier molecular flexibility index (Phi) is 3.64. The fourth-order valence-corrected chi connectivity index (χ4v) is 1.61. The first-order valence-electron chi connectivity index (χ1n) is 5.52. The molecule has 16 heavy (non-hydrogen) atoms. The summed E-state index contributed by atoms with van der Waals surface area (Å²) in [5.74, 6) is 1.60. The maximum Gasteiger partial charge on any atom is 0.231 e. The Labute approximate surface area is 95.3 Å². The van der Waals surface area contributed by atoms with Crippen molar-refractivity contribution in [1.29, 1.82) is 0 Å². The third-order valence-corrected chi connectivity index (χ3v) is 2.58. The van der Waals surface area contributed by atoms with E-state index in [0.717, 1.165) is 23.5 Å². The summed E-state index contributed by atoms with van der Waals surface area (Å²) in [4.78, 5) is 0. The molecule has 4 nitrogen and oxygen atoms in total. The Morgan fingerprint density at radius 1 is 1.38 bits per heavy atom. The third kappa shape index (κ3) is 2.46. The van der Waals surface area contributed by atoms with Crippen LogP contribution in [0.3, 0.4) is 0 Å². The quantitative estimate of drug-likeness (QED) is 0.774. The zero-order valence-corrected chi connectivity index (χ0v) is 9.44. The fourth-order valence-electron chi connectivity index (χ4n) is 1.61. The normalized spacial score (nSPS) is 15.1. The standard InChI is InChI=1S/C12H17NO3/c1-9(14-6-2-5-13)10-3-4-11-12(7-10)16-8-15-11/h3-4,7,9H,2,5-6,8,13H2,1H3. The molecule has 0 amide bonds. The maximum atomic E-state index is 5.65. The van der Waals surface area contributed by atoms with Crippen LogP contribution in [0.25, 0.3) is 0 Å². The van der Waals surface area contributed by atoms with Gasteiger partial charge in [0.25, 0.3) is 0 Å². The molecule has 1 heterocycles. The molecule has 88 valence electrons. The Bertz CT molecular complexity index is 354. The molecule has 1 aliphatic heterocycles. The molecule has 0 radical (unpaired) electrons. The molecular weight excluding hydrogens is 206 g/mol. The molecule has 1 aromatic rings. The van der Waals surface area contributed by atoms with Crippen molar-refractivity contribution in [1.82, 2.24) is 0 Å². The third-order valence-electron chi connectivity index (χ3n) is 2.58. The van der Waals surface area contributed by atoms with Crippen LogP contribution in [0, 0.1) is 0 Å². The van der Waals surface area contributed by atoms with Gasteiger partial charge in [0.15, 0.2) is 11.5 Å². The van der Waals surface area contributed by atoms with E-state index in [4.69, 9.17) is 19.9 Å². The summed E-state index contributed by atoms with van der Waals surface area (Å²) in [5.41, 5.74) is 6.51. The van der Waals surface area contributed by atoms with E-state index in [1.54, 1.807) is 0 Å². The lowest BCUT2D eigenvalue weighted by atomic mass is 10.1. The van der Waals surface area contributed by atoms with E-state index >= 15 is 0 Å². The lowest BCUT2D eigenvalue weighted by Gasteiger charge is -2.13. The predicted molar refractivity (Wildman–Crippen MR) is 60.6 cm³/mol. The molecular formula is C12H17NO3. The average Bonchev–Trinajstić information content (AvgIpc) is 2.76. The molecule has 1 aliphatic rings. The van der Waals surface area contributed by atoms with Crippen molar-refractivity contribution < 1.29 is 14.2 Å². The van der Waals surface area contributed by atoms with Crippen molar-refractivity contribution in [2.45, 2.75) is 19.4 Å². The van der Waals surface area contributed by atoms with Crippen molar-refractivity contribution in [3.05, 3.63) is 23.8 Å². The summed E-state index contributed by atoms with van der Waals surface area (Å²) in [5, 5.41) is 0. The number of rotatable bonds is 5. The average molecular weight is 223 g/mol. The molecule has 0 bridgehead atoms. The van der Waals surface area contributed by atoms with E-state index in [1.165, 1.54) is 0 Å². The molecule has 2 rings (SSSR count). The van der Waals surface area contributed by atoms with Gasteiger partial charge in [0.2, 0.25) is 6.79 Å². The van der Waals surface area contributed by atoms with E-state index in [0.29, 0.717) is 19.9 Å². The molecule has 4 heteroatoms. The van der Waals surface area contributed by atoms with E-state index in [-0.39, 0.29) is 6.10 Å². The molecule has 0 saturated carbocycles. The van der Waals surface area contributed by atoms with Crippen molar-refractivity contribution >= 4 is 0 Å².